The van der Waals surface area contributed by atoms with Crippen molar-refractivity contribution < 1.29 is 0 Å². The molecule has 100 valence electrons. The van der Waals surface area contributed by atoms with Gasteiger partial charge in [0.15, 0.2) is 0 Å². The maximum absolute atomic E-state index is 2.35. The van der Waals surface area contributed by atoms with Crippen molar-refractivity contribution >= 4 is 17.7 Å². The number of hydrogen-bond donors (Lipinski definition) is 0. The molecule has 0 aromatic carbocycles. The lowest BCUT2D eigenvalue weighted by molar-refractivity contribution is 0.867. The summed E-state index contributed by atoms with van der Waals surface area (Å²) in [4.78, 5) is 0. The van der Waals surface area contributed by atoms with Gasteiger partial charge in [-0.05, 0) is 44.7 Å². The molecule has 0 amide bonds. The van der Waals surface area contributed by atoms with E-state index in [4.69, 9.17) is 0 Å². The van der Waals surface area contributed by atoms with E-state index in [1.54, 1.807) is 0 Å². The summed E-state index contributed by atoms with van der Waals surface area (Å²) in [6.07, 6.45) is 10.0. The SMILES string of the molecule is C/C=C\c1c(CC)c(=C(\C)CC)/c(=C\CC)n1C. The zero-order valence-electron chi connectivity index (χ0n) is 12.8. The van der Waals surface area contributed by atoms with Gasteiger partial charge >= 0.3 is 0 Å². The van der Waals surface area contributed by atoms with Gasteiger partial charge in [-0.1, -0.05) is 38.5 Å². The Bertz CT molecular complexity index is 541. The quantitative estimate of drug-likeness (QED) is 0.766. The Labute approximate surface area is 112 Å². The van der Waals surface area contributed by atoms with Crippen LogP contribution >= 0.6 is 0 Å². The van der Waals surface area contributed by atoms with Crippen LogP contribution in [0.25, 0.3) is 17.7 Å². The first-order valence-electron chi connectivity index (χ1n) is 7.12. The summed E-state index contributed by atoms with van der Waals surface area (Å²) in [5.41, 5.74) is 4.36. The smallest absolute Gasteiger partial charge is 0.0444 e. The second-order valence-corrected chi connectivity index (χ2v) is 4.78. The molecule has 0 N–H and O–H groups in total. The van der Waals surface area contributed by atoms with Crippen LogP contribution in [0.2, 0.25) is 0 Å². The molecular formula is C17H27N. The Morgan fingerprint density at radius 3 is 2.33 bits per heavy atom. The van der Waals surface area contributed by atoms with Crippen LogP contribution in [0.4, 0.5) is 0 Å². The van der Waals surface area contributed by atoms with E-state index in [0.717, 1.165) is 19.3 Å². The van der Waals surface area contributed by atoms with Gasteiger partial charge in [0, 0.05) is 23.3 Å². The molecule has 0 aliphatic carbocycles. The van der Waals surface area contributed by atoms with Gasteiger partial charge in [-0.15, -0.1) is 0 Å². The highest BCUT2D eigenvalue weighted by atomic mass is 14.9. The van der Waals surface area contributed by atoms with E-state index in [-0.39, 0.29) is 0 Å². The summed E-state index contributed by atoms with van der Waals surface area (Å²) in [7, 11) is 2.18. The van der Waals surface area contributed by atoms with Crippen LogP contribution in [0.15, 0.2) is 6.08 Å². The van der Waals surface area contributed by atoms with E-state index in [9.17, 15) is 0 Å². The van der Waals surface area contributed by atoms with Crippen molar-refractivity contribution in [3.63, 3.8) is 0 Å². The highest BCUT2D eigenvalue weighted by Crippen LogP contribution is 2.08. The van der Waals surface area contributed by atoms with Gasteiger partial charge in [-0.2, -0.15) is 0 Å². The molecule has 0 fully saturated rings. The number of nitrogens with zero attached hydrogens (tertiary/aromatic N) is 1. The van der Waals surface area contributed by atoms with Crippen LogP contribution in [0.5, 0.6) is 0 Å². The zero-order valence-corrected chi connectivity index (χ0v) is 12.8. The lowest BCUT2D eigenvalue weighted by Gasteiger charge is -2.00. The lowest BCUT2D eigenvalue weighted by atomic mass is 10.1. The summed E-state index contributed by atoms with van der Waals surface area (Å²) in [5.74, 6) is 0. The van der Waals surface area contributed by atoms with Crippen LogP contribution in [-0.4, -0.2) is 4.57 Å². The molecule has 0 aliphatic rings. The van der Waals surface area contributed by atoms with E-state index in [1.165, 1.54) is 27.4 Å². The summed E-state index contributed by atoms with van der Waals surface area (Å²) >= 11 is 0. The van der Waals surface area contributed by atoms with Crippen molar-refractivity contribution in [2.75, 3.05) is 0 Å². The van der Waals surface area contributed by atoms with Crippen molar-refractivity contribution in [2.45, 2.75) is 53.9 Å². The van der Waals surface area contributed by atoms with Crippen LogP contribution in [0, 0.1) is 0 Å². The first-order chi connectivity index (χ1) is 8.62. The van der Waals surface area contributed by atoms with E-state index in [1.807, 2.05) is 0 Å². The first-order valence-corrected chi connectivity index (χ1v) is 7.12. The first kappa shape index (κ1) is 14.8. The summed E-state index contributed by atoms with van der Waals surface area (Å²) in [5, 5.41) is 2.87. The molecule has 0 saturated heterocycles. The second-order valence-electron chi connectivity index (χ2n) is 4.78. The van der Waals surface area contributed by atoms with Gasteiger partial charge in [0.25, 0.3) is 0 Å². The maximum Gasteiger partial charge on any atom is 0.0444 e. The average Bonchev–Trinajstić information content (AvgIpc) is 2.63. The second kappa shape index (κ2) is 6.63. The van der Waals surface area contributed by atoms with Crippen molar-refractivity contribution in [1.29, 1.82) is 0 Å². The predicted octanol–water partition coefficient (Wildman–Crippen LogP) is 3.39. The summed E-state index contributed by atoms with van der Waals surface area (Å²) in [6, 6.07) is 0. The zero-order chi connectivity index (χ0) is 13.7. The molecule has 1 aromatic rings. The van der Waals surface area contributed by atoms with Crippen molar-refractivity contribution in [3.8, 4) is 0 Å². The molecule has 1 nitrogen and oxygen atoms in total. The number of aromatic nitrogens is 1. The average molecular weight is 245 g/mol. The Balaban J connectivity index is 3.89. The van der Waals surface area contributed by atoms with E-state index in [2.05, 4.69) is 64.5 Å². The van der Waals surface area contributed by atoms with Gasteiger partial charge in [0.2, 0.25) is 0 Å². The molecule has 0 radical (unpaired) electrons. The van der Waals surface area contributed by atoms with E-state index < -0.39 is 0 Å². The van der Waals surface area contributed by atoms with Gasteiger partial charge in [0.05, 0.1) is 0 Å². The van der Waals surface area contributed by atoms with Crippen molar-refractivity contribution in [1.82, 2.24) is 4.57 Å². The fourth-order valence-corrected chi connectivity index (χ4v) is 2.60. The molecule has 0 spiro atoms. The van der Waals surface area contributed by atoms with Crippen LogP contribution in [-0.2, 0) is 13.5 Å². The third-order valence-corrected chi connectivity index (χ3v) is 3.62. The number of allylic oxidation sites excluding steroid dienone is 1. The minimum atomic E-state index is 1.08. The monoisotopic (exact) mass is 245 g/mol. The van der Waals surface area contributed by atoms with Gasteiger partial charge < -0.3 is 4.57 Å². The molecule has 0 atom stereocenters. The predicted molar refractivity (Wildman–Crippen MR) is 82.9 cm³/mol. The Morgan fingerprint density at radius 1 is 1.22 bits per heavy atom. The van der Waals surface area contributed by atoms with Crippen molar-refractivity contribution in [2.24, 2.45) is 7.05 Å². The fraction of sp³-hybridized carbons (Fsp3) is 0.529. The number of rotatable bonds is 4. The molecular weight excluding hydrogens is 218 g/mol. The van der Waals surface area contributed by atoms with Crippen molar-refractivity contribution in [3.05, 3.63) is 27.9 Å². The molecule has 1 aromatic heterocycles. The number of hydrogen-bond acceptors (Lipinski definition) is 0. The highest BCUT2D eigenvalue weighted by molar-refractivity contribution is 5.56. The molecule has 0 aliphatic heterocycles. The Morgan fingerprint density at radius 2 is 1.89 bits per heavy atom. The fourth-order valence-electron chi connectivity index (χ4n) is 2.60. The summed E-state index contributed by atoms with van der Waals surface area (Å²) in [6.45, 7) is 11.1. The van der Waals surface area contributed by atoms with Gasteiger partial charge in [-0.3, -0.25) is 0 Å². The molecule has 0 saturated carbocycles. The highest BCUT2D eigenvalue weighted by Gasteiger charge is 2.09. The van der Waals surface area contributed by atoms with Gasteiger partial charge in [0.1, 0.15) is 0 Å². The molecule has 1 heteroatoms. The van der Waals surface area contributed by atoms with Crippen LogP contribution < -0.4 is 10.6 Å². The third kappa shape index (κ3) is 2.60. The molecule has 1 heterocycles. The topological polar surface area (TPSA) is 4.93 Å². The Kier molecular flexibility index (Phi) is 5.46. The van der Waals surface area contributed by atoms with E-state index >= 15 is 0 Å². The molecule has 1 rings (SSSR count). The van der Waals surface area contributed by atoms with E-state index in [0.29, 0.717) is 0 Å². The molecule has 18 heavy (non-hydrogen) atoms. The standard InChI is InChI=1S/C17H27N/c1-7-11-15-14(10-4)17(13(5)9-3)16(12-8-2)18(15)6/h7,11-12H,8-10H2,1-6H3/b11-7-,16-12+,17-13-. The van der Waals surface area contributed by atoms with Crippen LogP contribution in [0.1, 0.15) is 58.7 Å². The van der Waals surface area contributed by atoms with Crippen LogP contribution in [0.3, 0.4) is 0 Å². The minimum absolute atomic E-state index is 1.08. The third-order valence-electron chi connectivity index (χ3n) is 3.62. The molecule has 0 unspecified atom stereocenters. The maximum atomic E-state index is 2.35. The normalized spacial score (nSPS) is 14.7. The van der Waals surface area contributed by atoms with Gasteiger partial charge in [-0.25, -0.2) is 0 Å². The lowest BCUT2D eigenvalue weighted by Crippen LogP contribution is -2.30. The largest absolute Gasteiger partial charge is 0.344 e. The Hall–Kier alpha value is -1.24. The minimum Gasteiger partial charge on any atom is -0.344 e. The summed E-state index contributed by atoms with van der Waals surface area (Å²) < 4.78 is 2.34. The molecule has 0 bridgehead atoms.